The predicted octanol–water partition coefficient (Wildman–Crippen LogP) is 2.72. The molecule has 2 heteroatoms. The molecule has 0 saturated heterocycles. The lowest BCUT2D eigenvalue weighted by Gasteiger charge is -2.20. The maximum Gasteiger partial charge on any atom is 0.219 e. The first-order chi connectivity index (χ1) is 7.03. The van der Waals surface area contributed by atoms with Gasteiger partial charge in [0.25, 0.3) is 0 Å². The predicted molar refractivity (Wildman–Crippen MR) is 62.0 cm³/mol. The van der Waals surface area contributed by atoms with E-state index in [1.165, 1.54) is 0 Å². The largest absolute Gasteiger partial charge is 0.623 e. The Bertz CT molecular complexity index is 441. The van der Waals surface area contributed by atoms with Gasteiger partial charge in [-0.1, -0.05) is 18.2 Å². The van der Waals surface area contributed by atoms with Gasteiger partial charge in [0, 0.05) is 31.1 Å². The van der Waals surface area contributed by atoms with Gasteiger partial charge in [-0.15, -0.1) is 0 Å². The van der Waals surface area contributed by atoms with E-state index in [2.05, 4.69) is 0 Å². The van der Waals surface area contributed by atoms with Gasteiger partial charge in [0.2, 0.25) is 5.71 Å². The molecule has 2 rings (SSSR count). The molecule has 0 spiro atoms. The van der Waals surface area contributed by atoms with Crippen molar-refractivity contribution in [3.63, 3.8) is 0 Å². The van der Waals surface area contributed by atoms with E-state index in [1.807, 2.05) is 57.2 Å². The molecule has 0 fully saturated rings. The second kappa shape index (κ2) is 3.23. The van der Waals surface area contributed by atoms with E-state index in [-0.39, 0.29) is 0 Å². The fraction of sp³-hybridized carbons (Fsp3) is 0.308. The van der Waals surface area contributed by atoms with Gasteiger partial charge in [-0.05, 0) is 19.1 Å². The molecule has 0 bridgehead atoms. The lowest BCUT2D eigenvalue weighted by atomic mass is 9.98. The summed E-state index contributed by atoms with van der Waals surface area (Å²) < 4.78 is 1.09. The summed E-state index contributed by atoms with van der Waals surface area (Å²) in [6, 6.07) is 9.78. The third kappa shape index (κ3) is 1.46. The van der Waals surface area contributed by atoms with Crippen molar-refractivity contribution in [3.8, 4) is 0 Å². The normalized spacial score (nSPS) is 19.3. The fourth-order valence-electron chi connectivity index (χ4n) is 1.71. The van der Waals surface area contributed by atoms with Crippen molar-refractivity contribution in [2.24, 2.45) is 0 Å². The van der Waals surface area contributed by atoms with Gasteiger partial charge in [-0.25, -0.2) is 0 Å². The molecule has 15 heavy (non-hydrogen) atoms. The Kier molecular flexibility index (Phi) is 2.14. The molecule has 1 aromatic carbocycles. The Morgan fingerprint density at radius 1 is 1.13 bits per heavy atom. The second-order valence-electron chi connectivity index (χ2n) is 4.43. The quantitative estimate of drug-likeness (QED) is 0.506. The number of hydrogen-bond acceptors (Lipinski definition) is 1. The van der Waals surface area contributed by atoms with E-state index in [1.54, 1.807) is 0 Å². The van der Waals surface area contributed by atoms with Gasteiger partial charge < -0.3 is 5.21 Å². The van der Waals surface area contributed by atoms with Gasteiger partial charge >= 0.3 is 0 Å². The van der Waals surface area contributed by atoms with Crippen molar-refractivity contribution in [3.05, 3.63) is 52.8 Å². The summed E-state index contributed by atoms with van der Waals surface area (Å²) in [7, 11) is 0. The van der Waals surface area contributed by atoms with Crippen LogP contribution in [0.5, 0.6) is 0 Å². The highest BCUT2D eigenvalue weighted by Crippen LogP contribution is 2.27. The van der Waals surface area contributed by atoms with E-state index < -0.39 is 5.54 Å². The fourth-order valence-corrected chi connectivity index (χ4v) is 1.71. The molecule has 1 aliphatic rings. The van der Waals surface area contributed by atoms with Crippen molar-refractivity contribution >= 4 is 5.71 Å². The average molecular weight is 201 g/mol. The molecule has 1 heterocycles. The van der Waals surface area contributed by atoms with E-state index in [0.29, 0.717) is 0 Å². The molecule has 0 radical (unpaired) electrons. The SMILES string of the molecule is CC1=CC(c2ccccc2)=[N+]([O-])C1(C)C. The maximum absolute atomic E-state index is 12.1. The van der Waals surface area contributed by atoms with E-state index in [0.717, 1.165) is 21.6 Å². The summed E-state index contributed by atoms with van der Waals surface area (Å²) in [5, 5.41) is 12.1. The number of nitrogens with zero attached hydrogens (tertiary/aromatic N) is 1. The smallest absolute Gasteiger partial charge is 0.219 e. The third-order valence-corrected chi connectivity index (χ3v) is 3.11. The molecule has 78 valence electrons. The van der Waals surface area contributed by atoms with Crippen molar-refractivity contribution in [1.29, 1.82) is 0 Å². The van der Waals surface area contributed by atoms with Gasteiger partial charge in [0.05, 0.1) is 0 Å². The number of rotatable bonds is 1. The first-order valence-corrected chi connectivity index (χ1v) is 5.12. The summed E-state index contributed by atoms with van der Waals surface area (Å²) in [5.41, 5.74) is 2.44. The van der Waals surface area contributed by atoms with Gasteiger partial charge in [-0.3, -0.25) is 0 Å². The molecule has 0 amide bonds. The average Bonchev–Trinajstić information content (AvgIpc) is 2.44. The minimum absolute atomic E-state index is 0.412. The van der Waals surface area contributed by atoms with Crippen LogP contribution in [0.15, 0.2) is 42.0 Å². The van der Waals surface area contributed by atoms with E-state index in [9.17, 15) is 5.21 Å². The third-order valence-electron chi connectivity index (χ3n) is 3.11. The summed E-state index contributed by atoms with van der Waals surface area (Å²) in [6.07, 6.45) is 1.97. The number of benzene rings is 1. The molecular weight excluding hydrogens is 186 g/mol. The van der Waals surface area contributed by atoms with Crippen LogP contribution in [0.25, 0.3) is 0 Å². The summed E-state index contributed by atoms with van der Waals surface area (Å²) in [6.45, 7) is 5.89. The van der Waals surface area contributed by atoms with Crippen LogP contribution in [-0.4, -0.2) is 16.0 Å². The Labute approximate surface area is 90.1 Å². The van der Waals surface area contributed by atoms with Crippen LogP contribution < -0.4 is 0 Å². The number of allylic oxidation sites excluding steroid dienone is 1. The van der Waals surface area contributed by atoms with Gasteiger partial charge in [-0.2, -0.15) is 4.74 Å². The standard InChI is InChI=1S/C13H15NO/c1-10-9-12(14(15)13(10,2)3)11-7-5-4-6-8-11/h4-9H,1-3H3. The topological polar surface area (TPSA) is 26.1 Å². The zero-order valence-electron chi connectivity index (χ0n) is 9.32. The Hall–Kier alpha value is -1.57. The Morgan fingerprint density at radius 3 is 2.20 bits per heavy atom. The van der Waals surface area contributed by atoms with Crippen LogP contribution in [0, 0.1) is 5.21 Å². The van der Waals surface area contributed by atoms with Crippen molar-refractivity contribution in [2.45, 2.75) is 26.3 Å². The lowest BCUT2D eigenvalue weighted by Crippen LogP contribution is -2.32. The van der Waals surface area contributed by atoms with Crippen LogP contribution in [0.2, 0.25) is 0 Å². The molecule has 0 saturated carbocycles. The lowest BCUT2D eigenvalue weighted by molar-refractivity contribution is -0.522. The number of hydroxylamine groups is 1. The van der Waals surface area contributed by atoms with Gasteiger partial charge in [0.1, 0.15) is 0 Å². The summed E-state index contributed by atoms with van der Waals surface area (Å²) in [5.74, 6) is 0. The monoisotopic (exact) mass is 201 g/mol. The zero-order valence-corrected chi connectivity index (χ0v) is 9.32. The van der Waals surface area contributed by atoms with E-state index >= 15 is 0 Å². The molecule has 0 unspecified atom stereocenters. The molecule has 2 nitrogen and oxygen atoms in total. The number of hydrogen-bond donors (Lipinski definition) is 0. The molecule has 0 atom stereocenters. The molecule has 0 aromatic heterocycles. The van der Waals surface area contributed by atoms with Crippen LogP contribution >= 0.6 is 0 Å². The van der Waals surface area contributed by atoms with Crippen LogP contribution in [0.4, 0.5) is 0 Å². The van der Waals surface area contributed by atoms with Crippen molar-refractivity contribution < 1.29 is 4.74 Å². The van der Waals surface area contributed by atoms with Crippen LogP contribution in [-0.2, 0) is 0 Å². The molecular formula is C13H15NO. The van der Waals surface area contributed by atoms with Crippen LogP contribution in [0.1, 0.15) is 26.3 Å². The molecule has 0 aliphatic carbocycles. The minimum atomic E-state index is -0.412. The zero-order chi connectivity index (χ0) is 11.1. The highest BCUT2D eigenvalue weighted by molar-refractivity contribution is 6.07. The molecule has 1 aromatic rings. The van der Waals surface area contributed by atoms with Gasteiger partial charge in [0.15, 0.2) is 5.54 Å². The minimum Gasteiger partial charge on any atom is -0.623 e. The first-order valence-electron chi connectivity index (χ1n) is 5.12. The van der Waals surface area contributed by atoms with Crippen LogP contribution in [0.3, 0.4) is 0 Å². The second-order valence-corrected chi connectivity index (χ2v) is 4.43. The molecule has 1 aliphatic heterocycles. The maximum atomic E-state index is 12.1. The first kappa shape index (κ1) is 9.97. The highest BCUT2D eigenvalue weighted by atomic mass is 16.5. The summed E-state index contributed by atoms with van der Waals surface area (Å²) in [4.78, 5) is 0. The van der Waals surface area contributed by atoms with E-state index in [4.69, 9.17) is 0 Å². The molecule has 0 N–H and O–H groups in total. The van der Waals surface area contributed by atoms with Crippen molar-refractivity contribution in [2.75, 3.05) is 0 Å². The summed E-state index contributed by atoms with van der Waals surface area (Å²) >= 11 is 0. The van der Waals surface area contributed by atoms with Crippen molar-refractivity contribution in [1.82, 2.24) is 0 Å². The highest BCUT2D eigenvalue weighted by Gasteiger charge is 2.37. The Balaban J connectivity index is 2.53. The Morgan fingerprint density at radius 2 is 1.73 bits per heavy atom.